The number of carbonyl (C=O) groups excluding carboxylic acids is 2. The van der Waals surface area contributed by atoms with Crippen molar-refractivity contribution in [1.29, 1.82) is 0 Å². The molecule has 0 aromatic heterocycles. The maximum Gasteiger partial charge on any atom is 0.326 e. The van der Waals surface area contributed by atoms with Crippen LogP contribution in [0.2, 0.25) is 0 Å². The summed E-state index contributed by atoms with van der Waals surface area (Å²) < 4.78 is 0. The lowest BCUT2D eigenvalue weighted by molar-refractivity contribution is -0.147. The van der Waals surface area contributed by atoms with Gasteiger partial charge in [0.15, 0.2) is 0 Å². The Bertz CT molecular complexity index is 472. The van der Waals surface area contributed by atoms with Crippen molar-refractivity contribution in [2.24, 2.45) is 5.73 Å². The summed E-state index contributed by atoms with van der Waals surface area (Å²) >= 11 is 1.40. The number of carboxylic acid groups (broad SMARTS) is 2. The molecule has 24 heavy (non-hydrogen) atoms. The van der Waals surface area contributed by atoms with Crippen molar-refractivity contribution in [2.45, 2.75) is 44.0 Å². The number of hydrogen-bond acceptors (Lipinski definition) is 7. The Labute approximate surface area is 143 Å². The Morgan fingerprint density at radius 2 is 1.62 bits per heavy atom. The van der Waals surface area contributed by atoms with Crippen molar-refractivity contribution < 1.29 is 34.5 Å². The number of carboxylic acids is 2. The predicted molar refractivity (Wildman–Crippen MR) is 86.4 cm³/mol. The molecule has 0 radical (unpaired) electrons. The minimum Gasteiger partial charge on any atom is -0.481 e. The van der Waals surface area contributed by atoms with Crippen molar-refractivity contribution in [2.75, 3.05) is 12.0 Å². The fourth-order valence-electron chi connectivity index (χ4n) is 1.64. The second-order valence-corrected chi connectivity index (χ2v) is 6.09. The monoisotopic (exact) mass is 365 g/mol. The topological polar surface area (TPSA) is 179 Å². The zero-order chi connectivity index (χ0) is 18.9. The van der Waals surface area contributed by atoms with Crippen LogP contribution in [0, 0.1) is 0 Å². The van der Waals surface area contributed by atoms with E-state index in [4.69, 9.17) is 15.9 Å². The summed E-state index contributed by atoms with van der Waals surface area (Å²) in [6.07, 6.45) is 0.0401. The van der Waals surface area contributed by atoms with Crippen LogP contribution in [-0.4, -0.2) is 75.3 Å². The molecule has 0 aliphatic rings. The van der Waals surface area contributed by atoms with Crippen LogP contribution in [0.25, 0.3) is 0 Å². The first kappa shape index (κ1) is 22.1. The zero-order valence-corrected chi connectivity index (χ0v) is 14.2. The minimum atomic E-state index is -1.62. The fourth-order valence-corrected chi connectivity index (χ4v) is 2.11. The van der Waals surface area contributed by atoms with Gasteiger partial charge in [0.1, 0.15) is 18.1 Å². The fraction of sp³-hybridized carbons (Fsp3) is 0.692. The third-order valence-electron chi connectivity index (χ3n) is 3.06. The smallest absolute Gasteiger partial charge is 0.326 e. The average Bonchev–Trinajstić information content (AvgIpc) is 2.48. The van der Waals surface area contributed by atoms with E-state index < -0.39 is 54.4 Å². The summed E-state index contributed by atoms with van der Waals surface area (Å²) in [4.78, 5) is 45.7. The molecular formula is C13H23N3O7S. The van der Waals surface area contributed by atoms with Gasteiger partial charge in [-0.05, 0) is 25.4 Å². The molecule has 138 valence electrons. The van der Waals surface area contributed by atoms with Crippen molar-refractivity contribution in [3.63, 3.8) is 0 Å². The van der Waals surface area contributed by atoms with Crippen LogP contribution in [0.3, 0.4) is 0 Å². The number of nitrogens with one attached hydrogen (secondary N) is 2. The van der Waals surface area contributed by atoms with Gasteiger partial charge in [-0.25, -0.2) is 4.79 Å². The average molecular weight is 365 g/mol. The van der Waals surface area contributed by atoms with E-state index in [0.29, 0.717) is 5.75 Å². The highest BCUT2D eigenvalue weighted by molar-refractivity contribution is 7.98. The SMILES string of the molecule is CSCC[C@H](NC(=O)[C@@H](N)[C@@H](C)O)C(=O)N[C@@H](CC(=O)O)C(=O)O. The van der Waals surface area contributed by atoms with Crippen molar-refractivity contribution >= 4 is 35.5 Å². The number of rotatable bonds is 11. The molecule has 0 unspecified atom stereocenters. The first-order valence-corrected chi connectivity index (χ1v) is 8.47. The van der Waals surface area contributed by atoms with Gasteiger partial charge in [0.2, 0.25) is 11.8 Å². The Balaban J connectivity index is 5.00. The molecule has 0 rings (SSSR count). The Hall–Kier alpha value is -1.85. The molecule has 0 aliphatic carbocycles. The maximum absolute atomic E-state index is 12.2. The lowest BCUT2D eigenvalue weighted by Crippen LogP contribution is -2.56. The number of nitrogens with two attached hydrogens (primary N) is 1. The molecule has 10 nitrogen and oxygen atoms in total. The molecule has 0 aromatic carbocycles. The largest absolute Gasteiger partial charge is 0.481 e. The Morgan fingerprint density at radius 3 is 2.04 bits per heavy atom. The van der Waals surface area contributed by atoms with Gasteiger partial charge >= 0.3 is 11.9 Å². The number of thioether (sulfide) groups is 1. The second kappa shape index (κ2) is 10.8. The quantitative estimate of drug-likeness (QED) is 0.241. The summed E-state index contributed by atoms with van der Waals surface area (Å²) in [6.45, 7) is 1.31. The van der Waals surface area contributed by atoms with Crippen molar-refractivity contribution in [3.05, 3.63) is 0 Å². The van der Waals surface area contributed by atoms with E-state index in [2.05, 4.69) is 10.6 Å². The summed E-state index contributed by atoms with van der Waals surface area (Å²) in [7, 11) is 0. The molecule has 0 heterocycles. The van der Waals surface area contributed by atoms with Crippen molar-refractivity contribution in [3.8, 4) is 0 Å². The molecular weight excluding hydrogens is 342 g/mol. The predicted octanol–water partition coefficient (Wildman–Crippen LogP) is -2.02. The van der Waals surface area contributed by atoms with Crippen LogP contribution in [0.1, 0.15) is 19.8 Å². The first-order valence-electron chi connectivity index (χ1n) is 7.08. The summed E-state index contributed by atoms with van der Waals surface area (Å²) in [6, 6.07) is -3.96. The standard InChI is InChI=1S/C13H23N3O7S/c1-6(17)10(14)12(21)15-7(3-4-24-2)11(20)16-8(13(22)23)5-9(18)19/h6-8,10,17H,3-5,14H2,1-2H3,(H,15,21)(H,16,20)(H,18,19)(H,22,23)/t6-,7+,8+,10+/m1/s1. The molecule has 11 heteroatoms. The second-order valence-electron chi connectivity index (χ2n) is 5.11. The number of hydrogen-bond donors (Lipinski definition) is 6. The van der Waals surface area contributed by atoms with E-state index >= 15 is 0 Å². The molecule has 4 atom stereocenters. The maximum atomic E-state index is 12.2. The van der Waals surface area contributed by atoms with Gasteiger partial charge in [-0.1, -0.05) is 0 Å². The van der Waals surface area contributed by atoms with E-state index in [1.807, 2.05) is 0 Å². The Kier molecular flexibility index (Phi) is 10.0. The number of aliphatic hydroxyl groups is 1. The highest BCUT2D eigenvalue weighted by atomic mass is 32.2. The van der Waals surface area contributed by atoms with Gasteiger partial charge in [0.25, 0.3) is 0 Å². The van der Waals surface area contributed by atoms with E-state index in [1.54, 1.807) is 6.26 Å². The number of carbonyl (C=O) groups is 4. The summed E-state index contributed by atoms with van der Waals surface area (Å²) in [5.74, 6) is -4.00. The van der Waals surface area contributed by atoms with E-state index in [-0.39, 0.29) is 6.42 Å². The van der Waals surface area contributed by atoms with Gasteiger partial charge in [0.05, 0.1) is 12.5 Å². The van der Waals surface area contributed by atoms with E-state index in [9.17, 15) is 24.3 Å². The molecule has 0 spiro atoms. The van der Waals surface area contributed by atoms with Gasteiger partial charge in [-0.2, -0.15) is 11.8 Å². The Morgan fingerprint density at radius 1 is 1.08 bits per heavy atom. The van der Waals surface area contributed by atoms with Crippen LogP contribution in [0.15, 0.2) is 0 Å². The van der Waals surface area contributed by atoms with E-state index in [1.165, 1.54) is 18.7 Å². The highest BCUT2D eigenvalue weighted by Gasteiger charge is 2.29. The van der Waals surface area contributed by atoms with E-state index in [0.717, 1.165) is 0 Å². The van der Waals surface area contributed by atoms with Gasteiger partial charge in [-0.15, -0.1) is 0 Å². The third-order valence-corrected chi connectivity index (χ3v) is 3.70. The highest BCUT2D eigenvalue weighted by Crippen LogP contribution is 2.04. The molecule has 2 amide bonds. The van der Waals surface area contributed by atoms with Crippen LogP contribution < -0.4 is 16.4 Å². The zero-order valence-electron chi connectivity index (χ0n) is 13.4. The number of amides is 2. The van der Waals surface area contributed by atoms with Gasteiger partial charge in [-0.3, -0.25) is 14.4 Å². The molecule has 0 saturated carbocycles. The first-order chi connectivity index (χ1) is 11.1. The summed E-state index contributed by atoms with van der Waals surface area (Å²) in [5, 5.41) is 31.3. The minimum absolute atomic E-state index is 0.185. The third kappa shape index (κ3) is 8.13. The normalized spacial score (nSPS) is 15.7. The van der Waals surface area contributed by atoms with Crippen molar-refractivity contribution in [1.82, 2.24) is 10.6 Å². The van der Waals surface area contributed by atoms with Crippen LogP contribution in [0.5, 0.6) is 0 Å². The molecule has 0 aromatic rings. The molecule has 7 N–H and O–H groups in total. The molecule has 0 fully saturated rings. The summed E-state index contributed by atoms with van der Waals surface area (Å²) in [5.41, 5.74) is 5.48. The van der Waals surface area contributed by atoms with Crippen LogP contribution in [0.4, 0.5) is 0 Å². The molecule has 0 saturated heterocycles. The molecule has 0 bridgehead atoms. The van der Waals surface area contributed by atoms with Gasteiger partial charge < -0.3 is 31.7 Å². The van der Waals surface area contributed by atoms with Crippen LogP contribution in [-0.2, 0) is 19.2 Å². The van der Waals surface area contributed by atoms with Crippen LogP contribution >= 0.6 is 11.8 Å². The van der Waals surface area contributed by atoms with Gasteiger partial charge in [0, 0.05) is 0 Å². The lowest BCUT2D eigenvalue weighted by Gasteiger charge is -2.23. The lowest BCUT2D eigenvalue weighted by atomic mass is 10.1. The number of aliphatic hydroxyl groups excluding tert-OH is 1. The molecule has 0 aliphatic heterocycles. The number of aliphatic carboxylic acids is 2.